The van der Waals surface area contributed by atoms with Gasteiger partial charge in [0, 0.05) is 31.6 Å². The Balaban J connectivity index is 1.25. The predicted octanol–water partition coefficient (Wildman–Crippen LogP) is 5.84. The number of benzene rings is 2. The Morgan fingerprint density at radius 1 is 0.879 bits per heavy atom. The second-order valence-electron chi connectivity index (χ2n) is 10.0. The number of hydrogen-bond acceptors (Lipinski definition) is 5. The summed E-state index contributed by atoms with van der Waals surface area (Å²) >= 11 is 0. The van der Waals surface area contributed by atoms with Crippen molar-refractivity contribution in [3.63, 3.8) is 0 Å². The average molecular weight is 446 g/mol. The first-order chi connectivity index (χ1) is 16.0. The summed E-state index contributed by atoms with van der Waals surface area (Å²) < 4.78 is 0. The monoisotopic (exact) mass is 445 g/mol. The van der Waals surface area contributed by atoms with E-state index in [1.807, 2.05) is 26.2 Å². The normalized spacial score (nSPS) is 20.4. The lowest BCUT2D eigenvalue weighted by molar-refractivity contribution is 0.328. The fourth-order valence-electron chi connectivity index (χ4n) is 5.06. The van der Waals surface area contributed by atoms with Gasteiger partial charge in [-0.15, -0.1) is 0 Å². The van der Waals surface area contributed by atoms with Crippen molar-refractivity contribution in [3.05, 3.63) is 60.2 Å². The van der Waals surface area contributed by atoms with Crippen molar-refractivity contribution in [2.24, 2.45) is 5.92 Å². The first kappa shape index (κ1) is 23.5. The minimum Gasteiger partial charge on any atom is -0.362 e. The summed E-state index contributed by atoms with van der Waals surface area (Å²) in [6.07, 6.45) is 5.93. The maximum absolute atomic E-state index is 4.81. The average Bonchev–Trinajstić information content (AvgIpc) is 2.83. The highest BCUT2D eigenvalue weighted by molar-refractivity contribution is 5.90. The van der Waals surface area contributed by atoms with Crippen molar-refractivity contribution in [2.75, 3.05) is 30.9 Å². The van der Waals surface area contributed by atoms with Gasteiger partial charge in [0.2, 0.25) is 5.95 Å². The number of anilines is 2. The van der Waals surface area contributed by atoms with Crippen LogP contribution in [0.15, 0.2) is 54.6 Å². The predicted molar refractivity (Wildman–Crippen MR) is 140 cm³/mol. The second kappa shape index (κ2) is 11.0. The summed E-state index contributed by atoms with van der Waals surface area (Å²) in [7, 11) is 4.08. The number of hydrogen-bond donors (Lipinski definition) is 2. The van der Waals surface area contributed by atoms with E-state index in [4.69, 9.17) is 9.97 Å². The van der Waals surface area contributed by atoms with Crippen LogP contribution in [0.25, 0.3) is 10.9 Å². The van der Waals surface area contributed by atoms with Gasteiger partial charge in [-0.1, -0.05) is 56.3 Å². The number of para-hydroxylation sites is 1. The topological polar surface area (TPSA) is 53.1 Å². The van der Waals surface area contributed by atoms with Gasteiger partial charge >= 0.3 is 0 Å². The lowest BCUT2D eigenvalue weighted by atomic mass is 9.89. The van der Waals surface area contributed by atoms with Gasteiger partial charge in [0.15, 0.2) is 0 Å². The highest BCUT2D eigenvalue weighted by Crippen LogP contribution is 2.27. The Morgan fingerprint density at radius 2 is 1.55 bits per heavy atom. The molecule has 2 atom stereocenters. The Labute approximate surface area is 199 Å². The van der Waals surface area contributed by atoms with Crippen LogP contribution in [0.1, 0.15) is 57.4 Å². The highest BCUT2D eigenvalue weighted by Gasteiger charge is 2.22. The summed E-state index contributed by atoms with van der Waals surface area (Å²) in [5.74, 6) is 3.00. The molecule has 1 aromatic heterocycles. The van der Waals surface area contributed by atoms with Crippen LogP contribution in [0, 0.1) is 5.92 Å². The smallest absolute Gasteiger partial charge is 0.225 e. The third-order valence-corrected chi connectivity index (χ3v) is 6.95. The molecule has 2 unspecified atom stereocenters. The van der Waals surface area contributed by atoms with Gasteiger partial charge < -0.3 is 15.5 Å². The highest BCUT2D eigenvalue weighted by atomic mass is 15.2. The van der Waals surface area contributed by atoms with Gasteiger partial charge in [-0.2, -0.15) is 4.98 Å². The summed E-state index contributed by atoms with van der Waals surface area (Å²) in [6, 6.07) is 20.2. The van der Waals surface area contributed by atoms with Crippen LogP contribution in [0.4, 0.5) is 11.8 Å². The van der Waals surface area contributed by atoms with Gasteiger partial charge in [-0.05, 0) is 68.2 Å². The Hall–Kier alpha value is -2.66. The Kier molecular flexibility index (Phi) is 7.81. The third kappa shape index (κ3) is 6.23. The fraction of sp³-hybridized carbons (Fsp3) is 0.500. The van der Waals surface area contributed by atoms with E-state index in [0.717, 1.165) is 42.1 Å². The molecule has 0 aliphatic heterocycles. The molecule has 1 heterocycles. The van der Waals surface area contributed by atoms with Crippen LogP contribution in [0.3, 0.4) is 0 Å². The summed E-state index contributed by atoms with van der Waals surface area (Å²) in [5, 5.41) is 8.56. The van der Waals surface area contributed by atoms with E-state index >= 15 is 0 Å². The summed E-state index contributed by atoms with van der Waals surface area (Å²) in [6.45, 7) is 5.82. The van der Waals surface area contributed by atoms with Crippen molar-refractivity contribution in [2.45, 2.75) is 64.0 Å². The van der Waals surface area contributed by atoms with Crippen LogP contribution in [0.5, 0.6) is 0 Å². The quantitative estimate of drug-likeness (QED) is 0.433. The van der Waals surface area contributed by atoms with Crippen molar-refractivity contribution in [1.82, 2.24) is 15.3 Å². The van der Waals surface area contributed by atoms with E-state index in [2.05, 4.69) is 71.8 Å². The van der Waals surface area contributed by atoms with Crippen LogP contribution in [-0.4, -0.2) is 42.7 Å². The number of rotatable bonds is 9. The molecule has 2 aromatic carbocycles. The van der Waals surface area contributed by atoms with Crippen molar-refractivity contribution in [3.8, 4) is 0 Å². The first-order valence-electron chi connectivity index (χ1n) is 12.5. The van der Waals surface area contributed by atoms with Crippen molar-refractivity contribution >= 4 is 22.7 Å². The van der Waals surface area contributed by atoms with Crippen LogP contribution >= 0.6 is 0 Å². The standard InChI is InChI=1S/C28H39N5/c1-20(18-21(2)22-10-6-5-7-11-22)19-29-23-14-16-24(17-15-23)30-28-31-26-13-9-8-12-25(26)27(32-28)33(3)4/h5-13,20-21,23-24,29H,14-19H2,1-4H3,(H,30,31,32). The molecule has 33 heavy (non-hydrogen) atoms. The van der Waals surface area contributed by atoms with E-state index in [-0.39, 0.29) is 0 Å². The molecular weight excluding hydrogens is 406 g/mol. The largest absolute Gasteiger partial charge is 0.362 e. The molecule has 2 N–H and O–H groups in total. The van der Waals surface area contributed by atoms with Gasteiger partial charge in [0.25, 0.3) is 0 Å². The van der Waals surface area contributed by atoms with Crippen LogP contribution in [0.2, 0.25) is 0 Å². The molecular formula is C28H39N5. The van der Waals surface area contributed by atoms with Crippen molar-refractivity contribution in [1.29, 1.82) is 0 Å². The molecule has 3 aromatic rings. The molecule has 0 spiro atoms. The number of nitrogens with one attached hydrogen (secondary N) is 2. The molecule has 4 rings (SSSR count). The molecule has 1 aliphatic rings. The number of fused-ring (bicyclic) bond motifs is 1. The Bertz CT molecular complexity index is 1010. The fourth-order valence-corrected chi connectivity index (χ4v) is 5.06. The van der Waals surface area contributed by atoms with E-state index in [1.165, 1.54) is 24.8 Å². The summed E-state index contributed by atoms with van der Waals surface area (Å²) in [5.41, 5.74) is 2.44. The van der Waals surface area contributed by atoms with E-state index < -0.39 is 0 Å². The van der Waals surface area contributed by atoms with Gasteiger partial charge in [-0.25, -0.2) is 4.98 Å². The van der Waals surface area contributed by atoms with Crippen LogP contribution < -0.4 is 15.5 Å². The molecule has 0 amide bonds. The zero-order chi connectivity index (χ0) is 23.2. The molecule has 5 nitrogen and oxygen atoms in total. The maximum Gasteiger partial charge on any atom is 0.225 e. The van der Waals surface area contributed by atoms with Gasteiger partial charge in [-0.3, -0.25) is 0 Å². The molecule has 0 bridgehead atoms. The molecule has 0 saturated heterocycles. The minimum absolute atomic E-state index is 0.440. The van der Waals surface area contributed by atoms with E-state index in [0.29, 0.717) is 23.9 Å². The molecule has 1 fully saturated rings. The van der Waals surface area contributed by atoms with Gasteiger partial charge in [0.1, 0.15) is 5.82 Å². The maximum atomic E-state index is 4.81. The SMILES string of the molecule is CC(CNC1CCC(Nc2nc(N(C)C)c3ccccc3n2)CC1)CC(C)c1ccccc1. The molecule has 0 radical (unpaired) electrons. The van der Waals surface area contributed by atoms with Gasteiger partial charge in [0.05, 0.1) is 5.52 Å². The molecule has 1 aliphatic carbocycles. The minimum atomic E-state index is 0.440. The number of aromatic nitrogens is 2. The van der Waals surface area contributed by atoms with E-state index in [1.54, 1.807) is 0 Å². The van der Waals surface area contributed by atoms with Crippen LogP contribution in [-0.2, 0) is 0 Å². The number of nitrogens with zero attached hydrogens (tertiary/aromatic N) is 3. The zero-order valence-electron chi connectivity index (χ0n) is 20.6. The molecule has 1 saturated carbocycles. The zero-order valence-corrected chi connectivity index (χ0v) is 20.6. The first-order valence-corrected chi connectivity index (χ1v) is 12.5. The molecule has 176 valence electrons. The molecule has 5 heteroatoms. The second-order valence-corrected chi connectivity index (χ2v) is 10.0. The Morgan fingerprint density at radius 3 is 2.27 bits per heavy atom. The lowest BCUT2D eigenvalue weighted by Gasteiger charge is -2.31. The summed E-state index contributed by atoms with van der Waals surface area (Å²) in [4.78, 5) is 11.7. The lowest BCUT2D eigenvalue weighted by Crippen LogP contribution is -2.39. The van der Waals surface area contributed by atoms with Crippen molar-refractivity contribution < 1.29 is 0 Å². The van der Waals surface area contributed by atoms with E-state index in [9.17, 15) is 0 Å². The third-order valence-electron chi connectivity index (χ3n) is 6.95.